The third kappa shape index (κ3) is 2.59. The highest BCUT2D eigenvalue weighted by molar-refractivity contribution is 6.22. The summed E-state index contributed by atoms with van der Waals surface area (Å²) < 4.78 is 5.51. The van der Waals surface area contributed by atoms with Crippen LogP contribution in [0.2, 0.25) is 0 Å². The molecule has 0 bridgehead atoms. The van der Waals surface area contributed by atoms with Gasteiger partial charge in [0, 0.05) is 13.2 Å². The normalized spacial score (nSPS) is 26.5. The molecule has 5 heteroatoms. The van der Waals surface area contributed by atoms with Crippen molar-refractivity contribution < 1.29 is 14.3 Å². The molecule has 1 aromatic rings. The molecule has 0 saturated carbocycles. The van der Waals surface area contributed by atoms with Crippen LogP contribution in [0, 0.1) is 0 Å². The van der Waals surface area contributed by atoms with Crippen LogP contribution in [0.4, 0.5) is 5.69 Å². The number of ether oxygens (including phenoxy) is 1. The number of para-hydroxylation sites is 1. The summed E-state index contributed by atoms with van der Waals surface area (Å²) in [6.07, 6.45) is 2.48. The van der Waals surface area contributed by atoms with Crippen molar-refractivity contribution in [1.29, 1.82) is 0 Å². The van der Waals surface area contributed by atoms with Crippen molar-refractivity contribution in [3.63, 3.8) is 0 Å². The number of carbonyl (C=O) groups is 2. The minimum atomic E-state index is -0.424. The molecule has 1 N–H and O–H groups in total. The molecule has 3 rings (SSSR count). The van der Waals surface area contributed by atoms with Gasteiger partial charge >= 0.3 is 0 Å². The number of amides is 2. The van der Waals surface area contributed by atoms with Crippen molar-refractivity contribution in [1.82, 2.24) is 5.32 Å². The molecule has 2 heterocycles. The maximum atomic E-state index is 12.3. The number of hydrogen-bond acceptors (Lipinski definition) is 4. The monoisotopic (exact) mass is 274 g/mol. The van der Waals surface area contributed by atoms with Crippen LogP contribution in [0.1, 0.15) is 19.3 Å². The van der Waals surface area contributed by atoms with E-state index >= 15 is 0 Å². The molecule has 0 radical (unpaired) electrons. The molecule has 2 amide bonds. The summed E-state index contributed by atoms with van der Waals surface area (Å²) in [5.74, 6) is -0.315. The van der Waals surface area contributed by atoms with Crippen LogP contribution in [0.5, 0.6) is 0 Å². The number of nitrogens with one attached hydrogen (secondary N) is 1. The molecule has 5 nitrogen and oxygen atoms in total. The molecule has 2 aliphatic rings. The Morgan fingerprint density at radius 1 is 1.25 bits per heavy atom. The van der Waals surface area contributed by atoms with E-state index in [1.807, 2.05) is 18.2 Å². The molecule has 2 fully saturated rings. The van der Waals surface area contributed by atoms with Gasteiger partial charge < -0.3 is 10.1 Å². The summed E-state index contributed by atoms with van der Waals surface area (Å²) in [5, 5.41) is 3.17. The number of imide groups is 1. The number of rotatable bonds is 4. The van der Waals surface area contributed by atoms with Gasteiger partial charge in [-0.25, -0.2) is 4.90 Å². The topological polar surface area (TPSA) is 58.6 Å². The molecule has 20 heavy (non-hydrogen) atoms. The molecule has 106 valence electrons. The summed E-state index contributed by atoms with van der Waals surface area (Å²) in [5.41, 5.74) is 0.643. The molecule has 2 atom stereocenters. The first kappa shape index (κ1) is 13.3. The van der Waals surface area contributed by atoms with Gasteiger partial charge in [-0.15, -0.1) is 0 Å². The molecule has 0 unspecified atom stereocenters. The van der Waals surface area contributed by atoms with E-state index in [0.29, 0.717) is 12.2 Å². The lowest BCUT2D eigenvalue weighted by molar-refractivity contribution is -0.121. The second-order valence-corrected chi connectivity index (χ2v) is 5.20. The largest absolute Gasteiger partial charge is 0.377 e. The number of benzene rings is 1. The van der Waals surface area contributed by atoms with E-state index in [-0.39, 0.29) is 24.3 Å². The minimum Gasteiger partial charge on any atom is -0.377 e. The van der Waals surface area contributed by atoms with Crippen molar-refractivity contribution in [3.8, 4) is 0 Å². The van der Waals surface area contributed by atoms with Gasteiger partial charge in [0.15, 0.2) is 0 Å². The number of nitrogens with zero attached hydrogens (tertiary/aromatic N) is 1. The number of carbonyl (C=O) groups excluding carboxylic acids is 2. The van der Waals surface area contributed by atoms with E-state index in [1.54, 1.807) is 12.1 Å². The van der Waals surface area contributed by atoms with Gasteiger partial charge in [-0.05, 0) is 25.0 Å². The van der Waals surface area contributed by atoms with E-state index in [0.717, 1.165) is 19.4 Å². The smallest absolute Gasteiger partial charge is 0.251 e. The maximum Gasteiger partial charge on any atom is 0.251 e. The third-order valence-electron chi connectivity index (χ3n) is 3.78. The zero-order valence-corrected chi connectivity index (χ0v) is 11.2. The first-order chi connectivity index (χ1) is 9.75. The zero-order chi connectivity index (χ0) is 13.9. The fraction of sp³-hybridized carbons (Fsp3) is 0.467. The average Bonchev–Trinajstić information content (AvgIpc) is 3.06. The Morgan fingerprint density at radius 2 is 2.05 bits per heavy atom. The Balaban J connectivity index is 1.64. The quantitative estimate of drug-likeness (QED) is 0.835. The van der Waals surface area contributed by atoms with Crippen LogP contribution in [0.25, 0.3) is 0 Å². The van der Waals surface area contributed by atoms with Crippen LogP contribution in [-0.4, -0.2) is 37.1 Å². The molecule has 1 aromatic carbocycles. The first-order valence-electron chi connectivity index (χ1n) is 7.02. The highest BCUT2D eigenvalue weighted by atomic mass is 16.5. The van der Waals surface area contributed by atoms with Crippen LogP contribution >= 0.6 is 0 Å². The zero-order valence-electron chi connectivity index (χ0n) is 11.2. The second-order valence-electron chi connectivity index (χ2n) is 5.20. The van der Waals surface area contributed by atoms with Crippen molar-refractivity contribution >= 4 is 17.5 Å². The molecule has 2 saturated heterocycles. The Hall–Kier alpha value is -1.72. The highest BCUT2D eigenvalue weighted by Crippen LogP contribution is 2.22. The van der Waals surface area contributed by atoms with E-state index in [9.17, 15) is 9.59 Å². The minimum absolute atomic E-state index is 0.147. The Kier molecular flexibility index (Phi) is 3.80. The summed E-state index contributed by atoms with van der Waals surface area (Å²) in [6, 6.07) is 8.64. The molecule has 0 aromatic heterocycles. The third-order valence-corrected chi connectivity index (χ3v) is 3.78. The van der Waals surface area contributed by atoms with Crippen LogP contribution in [0.15, 0.2) is 30.3 Å². The van der Waals surface area contributed by atoms with Gasteiger partial charge in [0.2, 0.25) is 5.91 Å². The van der Waals surface area contributed by atoms with E-state index in [4.69, 9.17) is 4.74 Å². The average molecular weight is 274 g/mol. The van der Waals surface area contributed by atoms with E-state index in [2.05, 4.69) is 5.32 Å². The predicted molar refractivity (Wildman–Crippen MR) is 74.3 cm³/mol. The molecule has 0 spiro atoms. The summed E-state index contributed by atoms with van der Waals surface area (Å²) in [6.45, 7) is 1.42. The lowest BCUT2D eigenvalue weighted by Gasteiger charge is -2.16. The predicted octanol–water partition coefficient (Wildman–Crippen LogP) is 1.09. The molecule has 0 aliphatic carbocycles. The van der Waals surface area contributed by atoms with Gasteiger partial charge in [0.05, 0.1) is 24.3 Å². The van der Waals surface area contributed by atoms with Gasteiger partial charge in [-0.3, -0.25) is 9.59 Å². The van der Waals surface area contributed by atoms with Gasteiger partial charge in [0.1, 0.15) is 0 Å². The van der Waals surface area contributed by atoms with Crippen molar-refractivity contribution in [2.75, 3.05) is 18.1 Å². The molecule has 2 aliphatic heterocycles. The lowest BCUT2D eigenvalue weighted by Crippen LogP contribution is -2.41. The standard InChI is InChI=1S/C15H18N2O3/c18-14-9-13(16-10-12-7-4-8-20-12)15(19)17(14)11-5-2-1-3-6-11/h1-3,5-6,12-13,16H,4,7-10H2/t12-,13-/m1/s1. The van der Waals surface area contributed by atoms with Gasteiger partial charge in [-0.2, -0.15) is 0 Å². The van der Waals surface area contributed by atoms with Crippen molar-refractivity contribution in [2.24, 2.45) is 0 Å². The fourth-order valence-electron chi connectivity index (χ4n) is 2.72. The van der Waals surface area contributed by atoms with Gasteiger partial charge in [-0.1, -0.05) is 18.2 Å². The van der Waals surface area contributed by atoms with Gasteiger partial charge in [0.25, 0.3) is 5.91 Å². The number of hydrogen-bond donors (Lipinski definition) is 1. The van der Waals surface area contributed by atoms with Crippen molar-refractivity contribution in [3.05, 3.63) is 30.3 Å². The fourth-order valence-corrected chi connectivity index (χ4v) is 2.72. The Bertz CT molecular complexity index is 497. The van der Waals surface area contributed by atoms with Crippen LogP contribution in [-0.2, 0) is 14.3 Å². The Morgan fingerprint density at radius 3 is 2.75 bits per heavy atom. The van der Waals surface area contributed by atoms with E-state index in [1.165, 1.54) is 4.90 Å². The first-order valence-corrected chi connectivity index (χ1v) is 7.02. The summed E-state index contributed by atoms with van der Waals surface area (Å²) in [4.78, 5) is 25.6. The molecular formula is C15H18N2O3. The van der Waals surface area contributed by atoms with Crippen LogP contribution in [0.3, 0.4) is 0 Å². The summed E-state index contributed by atoms with van der Waals surface area (Å²) in [7, 11) is 0. The maximum absolute atomic E-state index is 12.3. The summed E-state index contributed by atoms with van der Waals surface area (Å²) >= 11 is 0. The SMILES string of the molecule is O=C1C[C@@H](NC[C@H]2CCCO2)C(=O)N1c1ccccc1. The highest BCUT2D eigenvalue weighted by Gasteiger charge is 2.39. The lowest BCUT2D eigenvalue weighted by atomic mass is 10.2. The molecular weight excluding hydrogens is 256 g/mol. The van der Waals surface area contributed by atoms with E-state index < -0.39 is 6.04 Å². The Labute approximate surface area is 117 Å². The van der Waals surface area contributed by atoms with Crippen molar-refractivity contribution in [2.45, 2.75) is 31.4 Å². The van der Waals surface area contributed by atoms with Crippen LogP contribution < -0.4 is 10.2 Å². The second kappa shape index (κ2) is 5.73. The number of anilines is 1.